The van der Waals surface area contributed by atoms with Crippen LogP contribution in [-0.4, -0.2) is 51.5 Å². The summed E-state index contributed by atoms with van der Waals surface area (Å²) >= 11 is 0. The average molecular weight is 585 g/mol. The fraction of sp³-hybridized carbons (Fsp3) is 0.516. The predicted octanol–water partition coefficient (Wildman–Crippen LogP) is 5.27. The van der Waals surface area contributed by atoms with Gasteiger partial charge in [-0.1, -0.05) is 36.8 Å². The standard InChI is InChI=1S/C31H40N2O7S/c1-31(2)38-23-26-21-25(15-16-28(26)40-31)29-22-33(30(34)39-29)17-8-4-6-10-19-37-18-9-5-3-7-12-24-13-11-14-27(20-24)41(32,35)36/h11,13-16,20-21,29H,3-6,8-10,17-19,22-23H2,1-2H3,(H2,32,35,36). The van der Waals surface area contributed by atoms with Gasteiger partial charge >= 0.3 is 6.09 Å². The molecule has 1 amide bonds. The second-order valence-electron chi connectivity index (χ2n) is 10.8. The van der Waals surface area contributed by atoms with Crippen molar-refractivity contribution in [3.8, 4) is 17.6 Å². The van der Waals surface area contributed by atoms with Crippen LogP contribution in [0.5, 0.6) is 5.75 Å². The molecule has 222 valence electrons. The molecule has 1 unspecified atom stereocenters. The zero-order valence-corrected chi connectivity index (χ0v) is 24.7. The number of ether oxygens (including phenoxy) is 4. The molecule has 1 saturated heterocycles. The number of amides is 1. The summed E-state index contributed by atoms with van der Waals surface area (Å²) in [6, 6.07) is 12.3. The minimum atomic E-state index is -3.72. The maximum Gasteiger partial charge on any atom is 0.410 e. The van der Waals surface area contributed by atoms with Gasteiger partial charge in [-0.15, -0.1) is 0 Å². The van der Waals surface area contributed by atoms with Crippen molar-refractivity contribution in [3.63, 3.8) is 0 Å². The number of nitrogens with zero attached hydrogens (tertiary/aromatic N) is 1. The highest BCUT2D eigenvalue weighted by Gasteiger charge is 2.33. The van der Waals surface area contributed by atoms with E-state index in [4.69, 9.17) is 24.1 Å². The second-order valence-corrected chi connectivity index (χ2v) is 12.4. The van der Waals surface area contributed by atoms with Gasteiger partial charge in [-0.2, -0.15) is 0 Å². The van der Waals surface area contributed by atoms with Gasteiger partial charge in [-0.3, -0.25) is 0 Å². The molecular weight excluding hydrogens is 544 g/mol. The molecule has 0 bridgehead atoms. The van der Waals surface area contributed by atoms with Crippen LogP contribution in [0.15, 0.2) is 47.4 Å². The second kappa shape index (κ2) is 14.2. The third kappa shape index (κ3) is 9.47. The van der Waals surface area contributed by atoms with Crippen LogP contribution in [0.25, 0.3) is 0 Å². The molecule has 0 spiro atoms. The SMILES string of the molecule is CC1(C)OCc2cc(C3CN(CCCCCCOCCCCC#Cc4cccc(S(N)(=O)=O)c4)C(=O)O3)ccc2O1. The first kappa shape index (κ1) is 30.8. The van der Waals surface area contributed by atoms with E-state index in [0.29, 0.717) is 31.9 Å². The molecule has 0 radical (unpaired) electrons. The number of unbranched alkanes of at least 4 members (excludes halogenated alkanes) is 5. The smallest absolute Gasteiger partial charge is 0.410 e. The van der Waals surface area contributed by atoms with Crippen LogP contribution in [0.4, 0.5) is 4.79 Å². The Bertz CT molecular complexity index is 1360. The zero-order valence-electron chi connectivity index (χ0n) is 23.9. The molecular formula is C31H40N2O7S. The monoisotopic (exact) mass is 584 g/mol. The number of sulfonamides is 1. The quantitative estimate of drug-likeness (QED) is 0.252. The number of benzene rings is 2. The number of rotatable bonds is 13. The zero-order chi connectivity index (χ0) is 29.3. The van der Waals surface area contributed by atoms with E-state index in [0.717, 1.165) is 68.4 Å². The first-order chi connectivity index (χ1) is 19.6. The molecule has 0 aliphatic carbocycles. The van der Waals surface area contributed by atoms with Crippen molar-refractivity contribution in [2.24, 2.45) is 5.14 Å². The van der Waals surface area contributed by atoms with Gasteiger partial charge in [-0.05, 0) is 61.6 Å². The molecule has 4 rings (SSSR count). The van der Waals surface area contributed by atoms with Gasteiger partial charge in [0, 0.05) is 51.2 Å². The number of carbonyl (C=O) groups is 1. The predicted molar refractivity (Wildman–Crippen MR) is 155 cm³/mol. The molecule has 2 heterocycles. The summed E-state index contributed by atoms with van der Waals surface area (Å²) in [7, 11) is -3.72. The molecule has 0 aromatic heterocycles. The maximum atomic E-state index is 12.4. The summed E-state index contributed by atoms with van der Waals surface area (Å²) < 4.78 is 45.8. The first-order valence-electron chi connectivity index (χ1n) is 14.2. The highest BCUT2D eigenvalue weighted by atomic mass is 32.2. The minimum Gasteiger partial charge on any atom is -0.463 e. The lowest BCUT2D eigenvalue weighted by Crippen LogP contribution is -2.35. The number of carbonyl (C=O) groups excluding carboxylic acids is 1. The van der Waals surface area contributed by atoms with Gasteiger partial charge in [0.05, 0.1) is 18.0 Å². The number of nitrogens with two attached hydrogens (primary N) is 1. The summed E-state index contributed by atoms with van der Waals surface area (Å²) in [5.74, 6) is 6.23. The fourth-order valence-electron chi connectivity index (χ4n) is 4.72. The topological polar surface area (TPSA) is 117 Å². The van der Waals surface area contributed by atoms with Crippen molar-refractivity contribution in [3.05, 3.63) is 59.2 Å². The molecule has 0 saturated carbocycles. The third-order valence-electron chi connectivity index (χ3n) is 6.98. The van der Waals surface area contributed by atoms with Crippen molar-refractivity contribution < 1.29 is 32.2 Å². The third-order valence-corrected chi connectivity index (χ3v) is 7.89. The van der Waals surface area contributed by atoms with Crippen molar-refractivity contribution in [1.82, 2.24) is 4.90 Å². The Morgan fingerprint density at radius 3 is 2.63 bits per heavy atom. The fourth-order valence-corrected chi connectivity index (χ4v) is 5.28. The molecule has 2 aromatic rings. The average Bonchev–Trinajstić information content (AvgIpc) is 3.30. The molecule has 10 heteroatoms. The Kier molecular flexibility index (Phi) is 10.7. The molecule has 2 N–H and O–H groups in total. The van der Waals surface area contributed by atoms with Crippen LogP contribution in [-0.2, 0) is 30.8 Å². The Morgan fingerprint density at radius 2 is 1.83 bits per heavy atom. The molecule has 9 nitrogen and oxygen atoms in total. The molecule has 1 atom stereocenters. The lowest BCUT2D eigenvalue weighted by Gasteiger charge is -2.32. The van der Waals surface area contributed by atoms with Gasteiger partial charge in [0.25, 0.3) is 0 Å². The van der Waals surface area contributed by atoms with E-state index >= 15 is 0 Å². The van der Waals surface area contributed by atoms with Crippen LogP contribution >= 0.6 is 0 Å². The van der Waals surface area contributed by atoms with Crippen LogP contribution in [0.2, 0.25) is 0 Å². The summed E-state index contributed by atoms with van der Waals surface area (Å²) in [5.41, 5.74) is 2.57. The van der Waals surface area contributed by atoms with E-state index in [1.165, 1.54) is 12.1 Å². The van der Waals surface area contributed by atoms with Crippen molar-refractivity contribution >= 4 is 16.1 Å². The van der Waals surface area contributed by atoms with Gasteiger partial charge in [0.1, 0.15) is 11.9 Å². The Labute approximate surface area is 243 Å². The van der Waals surface area contributed by atoms with E-state index in [-0.39, 0.29) is 17.1 Å². The van der Waals surface area contributed by atoms with Crippen LogP contribution in [0.1, 0.15) is 81.6 Å². The number of primary sulfonamides is 1. The summed E-state index contributed by atoms with van der Waals surface area (Å²) in [6.45, 7) is 6.92. The number of cyclic esters (lactones) is 1. The normalized spacial score (nSPS) is 17.8. The van der Waals surface area contributed by atoms with Crippen molar-refractivity contribution in [1.29, 1.82) is 0 Å². The lowest BCUT2D eigenvalue weighted by atomic mass is 10.0. The van der Waals surface area contributed by atoms with E-state index in [1.54, 1.807) is 17.0 Å². The Balaban J connectivity index is 1.03. The van der Waals surface area contributed by atoms with Crippen LogP contribution < -0.4 is 9.88 Å². The Hall–Kier alpha value is -3.10. The molecule has 41 heavy (non-hydrogen) atoms. The van der Waals surface area contributed by atoms with E-state index in [1.807, 2.05) is 32.0 Å². The highest BCUT2D eigenvalue weighted by molar-refractivity contribution is 7.89. The first-order valence-corrected chi connectivity index (χ1v) is 15.8. The molecule has 2 aromatic carbocycles. The molecule has 2 aliphatic heterocycles. The Morgan fingerprint density at radius 1 is 1.05 bits per heavy atom. The molecule has 2 aliphatic rings. The van der Waals surface area contributed by atoms with Gasteiger partial charge < -0.3 is 23.8 Å². The van der Waals surface area contributed by atoms with Crippen molar-refractivity contribution in [2.75, 3.05) is 26.3 Å². The van der Waals surface area contributed by atoms with Gasteiger partial charge in [0.15, 0.2) is 0 Å². The van der Waals surface area contributed by atoms with E-state index in [9.17, 15) is 13.2 Å². The maximum absolute atomic E-state index is 12.4. The summed E-state index contributed by atoms with van der Waals surface area (Å²) in [6.07, 6.45) is 6.03. The summed E-state index contributed by atoms with van der Waals surface area (Å²) in [5, 5.41) is 5.15. The van der Waals surface area contributed by atoms with Gasteiger partial charge in [-0.25, -0.2) is 18.4 Å². The van der Waals surface area contributed by atoms with E-state index in [2.05, 4.69) is 11.8 Å². The number of fused-ring (bicyclic) bond motifs is 1. The number of hydrogen-bond acceptors (Lipinski definition) is 7. The molecule has 1 fully saturated rings. The lowest BCUT2D eigenvalue weighted by molar-refractivity contribution is -0.180. The van der Waals surface area contributed by atoms with Crippen LogP contribution in [0.3, 0.4) is 0 Å². The minimum absolute atomic E-state index is 0.0718. The largest absolute Gasteiger partial charge is 0.463 e. The number of hydrogen-bond donors (Lipinski definition) is 1. The highest BCUT2D eigenvalue weighted by Crippen LogP contribution is 2.35. The summed E-state index contributed by atoms with van der Waals surface area (Å²) in [4.78, 5) is 14.2. The van der Waals surface area contributed by atoms with Gasteiger partial charge in [0.2, 0.25) is 15.8 Å². The van der Waals surface area contributed by atoms with E-state index < -0.39 is 15.8 Å². The van der Waals surface area contributed by atoms with Crippen molar-refractivity contribution in [2.45, 2.75) is 82.2 Å². The van der Waals surface area contributed by atoms with Crippen LogP contribution in [0, 0.1) is 11.8 Å².